The number of hydrogen-bond acceptors (Lipinski definition) is 5. The van der Waals surface area contributed by atoms with E-state index in [-0.39, 0.29) is 11.1 Å². The number of nitrogens with zero attached hydrogens (tertiary/aromatic N) is 4. The number of oxime groups is 1. The Morgan fingerprint density at radius 2 is 2.12 bits per heavy atom. The van der Waals surface area contributed by atoms with E-state index < -0.39 is 5.82 Å². The number of fused-ring (bicyclic) bond motifs is 1. The molecule has 176 valence electrons. The molecular weight excluding hydrogens is 455 g/mol. The summed E-state index contributed by atoms with van der Waals surface area (Å²) >= 11 is 6.09. The molecule has 0 amide bonds. The molecule has 1 aromatic heterocycles. The number of imidazole rings is 1. The van der Waals surface area contributed by atoms with Crippen LogP contribution in [0.5, 0.6) is 5.75 Å². The summed E-state index contributed by atoms with van der Waals surface area (Å²) in [6.45, 7) is 3.29. The average Bonchev–Trinajstić information content (AvgIpc) is 3.15. The van der Waals surface area contributed by atoms with Gasteiger partial charge in [0, 0.05) is 19.2 Å². The number of halogens is 2. The second-order valence-corrected chi connectivity index (χ2v) is 8.95. The quantitative estimate of drug-likeness (QED) is 0.464. The molecule has 2 aromatic carbocycles. The molecule has 6 nitrogen and oxygen atoms in total. The molecule has 0 N–H and O–H groups in total. The SMILES string of the molecule is COc1cc(/C=C2\CCCN3C2=NOCC[C@@H]3c2ccc(F)c(Cl)c2)ccc1-n1cnc(C)c1. The molecule has 2 aliphatic heterocycles. The standard InChI is InChI=1S/C26H26ClFN4O2/c1-17-15-31(16-29-17)24-8-5-18(13-25(24)33-2)12-20-4-3-10-32-23(9-11-34-30-26(20)32)19-6-7-22(28)21(27)14-19/h5-8,12-16,23H,3-4,9-11H2,1-2H3/b20-12+/t23-/m1/s1. The minimum Gasteiger partial charge on any atom is -0.495 e. The largest absolute Gasteiger partial charge is 0.495 e. The van der Waals surface area contributed by atoms with Crippen LogP contribution in [0.4, 0.5) is 4.39 Å². The molecule has 1 fully saturated rings. The van der Waals surface area contributed by atoms with E-state index in [1.54, 1.807) is 25.6 Å². The van der Waals surface area contributed by atoms with Gasteiger partial charge >= 0.3 is 0 Å². The van der Waals surface area contributed by atoms with Crippen LogP contribution in [-0.4, -0.2) is 40.5 Å². The van der Waals surface area contributed by atoms with Crippen molar-refractivity contribution in [1.82, 2.24) is 14.5 Å². The summed E-state index contributed by atoms with van der Waals surface area (Å²) in [7, 11) is 1.67. The van der Waals surface area contributed by atoms with Gasteiger partial charge in [0.05, 0.1) is 35.9 Å². The summed E-state index contributed by atoms with van der Waals surface area (Å²) in [6, 6.07) is 11.1. The molecule has 5 rings (SSSR count). The van der Waals surface area contributed by atoms with Crippen LogP contribution in [0.1, 0.15) is 42.1 Å². The van der Waals surface area contributed by atoms with E-state index in [1.807, 2.05) is 29.8 Å². The molecule has 0 bridgehead atoms. The highest BCUT2D eigenvalue weighted by Gasteiger charge is 2.31. The molecule has 0 aliphatic carbocycles. The van der Waals surface area contributed by atoms with Crippen LogP contribution < -0.4 is 4.74 Å². The third-order valence-electron chi connectivity index (χ3n) is 6.28. The minimum atomic E-state index is -0.411. The van der Waals surface area contributed by atoms with Gasteiger partial charge in [-0.25, -0.2) is 9.37 Å². The second kappa shape index (κ2) is 9.50. The molecule has 0 saturated carbocycles. The monoisotopic (exact) mass is 480 g/mol. The van der Waals surface area contributed by atoms with Gasteiger partial charge in [0.15, 0.2) is 5.84 Å². The summed E-state index contributed by atoms with van der Waals surface area (Å²) < 4.78 is 21.4. The first kappa shape index (κ1) is 22.5. The molecule has 1 atom stereocenters. The maximum absolute atomic E-state index is 13.8. The van der Waals surface area contributed by atoms with Crippen LogP contribution >= 0.6 is 11.6 Å². The maximum Gasteiger partial charge on any atom is 0.171 e. The molecule has 0 radical (unpaired) electrons. The predicted molar refractivity (Wildman–Crippen MR) is 131 cm³/mol. The first-order valence-corrected chi connectivity index (χ1v) is 11.7. The minimum absolute atomic E-state index is 0.0180. The molecule has 3 heterocycles. The third kappa shape index (κ3) is 4.40. The van der Waals surface area contributed by atoms with Gasteiger partial charge in [-0.05, 0) is 66.8 Å². The number of aromatic nitrogens is 2. The molecule has 0 unspecified atom stereocenters. The number of benzene rings is 2. The summed E-state index contributed by atoms with van der Waals surface area (Å²) in [5, 5.41) is 4.61. The number of ether oxygens (including phenoxy) is 1. The molecule has 8 heteroatoms. The van der Waals surface area contributed by atoms with E-state index in [0.29, 0.717) is 6.61 Å². The van der Waals surface area contributed by atoms with Gasteiger partial charge in [-0.3, -0.25) is 0 Å². The van der Waals surface area contributed by atoms with Crippen molar-refractivity contribution in [2.75, 3.05) is 20.3 Å². The van der Waals surface area contributed by atoms with E-state index in [1.165, 1.54) is 6.07 Å². The molecular formula is C26H26ClFN4O2. The summed E-state index contributed by atoms with van der Waals surface area (Å²) in [4.78, 5) is 12.2. The van der Waals surface area contributed by atoms with E-state index in [0.717, 1.165) is 65.5 Å². The first-order chi connectivity index (χ1) is 16.5. The van der Waals surface area contributed by atoms with Crippen LogP contribution in [-0.2, 0) is 4.84 Å². The number of hydrogen-bond donors (Lipinski definition) is 0. The van der Waals surface area contributed by atoms with E-state index in [9.17, 15) is 4.39 Å². The lowest BCUT2D eigenvalue weighted by atomic mass is 9.95. The Bertz CT molecular complexity index is 1270. The smallest absolute Gasteiger partial charge is 0.171 e. The molecule has 34 heavy (non-hydrogen) atoms. The summed E-state index contributed by atoms with van der Waals surface area (Å²) in [5.41, 5.74) is 4.95. The Labute approximate surface area is 203 Å². The highest BCUT2D eigenvalue weighted by atomic mass is 35.5. The zero-order valence-electron chi connectivity index (χ0n) is 19.2. The van der Waals surface area contributed by atoms with Crippen molar-refractivity contribution >= 4 is 23.5 Å². The molecule has 0 spiro atoms. The van der Waals surface area contributed by atoms with Crippen molar-refractivity contribution in [3.05, 3.63) is 82.2 Å². The van der Waals surface area contributed by atoms with Gasteiger partial charge in [0.1, 0.15) is 18.2 Å². The number of aryl methyl sites for hydroxylation is 1. The maximum atomic E-state index is 13.8. The van der Waals surface area contributed by atoms with Crippen LogP contribution in [0.2, 0.25) is 5.02 Å². The number of methoxy groups -OCH3 is 1. The lowest BCUT2D eigenvalue weighted by molar-refractivity contribution is 0.140. The van der Waals surface area contributed by atoms with Crippen LogP contribution in [0.3, 0.4) is 0 Å². The number of piperidine rings is 1. The Kier molecular flexibility index (Phi) is 6.28. The van der Waals surface area contributed by atoms with Crippen molar-refractivity contribution in [1.29, 1.82) is 0 Å². The fourth-order valence-electron chi connectivity index (χ4n) is 4.64. The number of rotatable bonds is 4. The Hall–Kier alpha value is -3.32. The normalized spacial score (nSPS) is 19.3. The second-order valence-electron chi connectivity index (χ2n) is 8.55. The fourth-order valence-corrected chi connectivity index (χ4v) is 4.83. The van der Waals surface area contributed by atoms with Gasteiger partial charge < -0.3 is 19.0 Å². The Morgan fingerprint density at radius 1 is 1.24 bits per heavy atom. The van der Waals surface area contributed by atoms with Gasteiger partial charge in [-0.15, -0.1) is 0 Å². The van der Waals surface area contributed by atoms with Crippen LogP contribution in [0, 0.1) is 12.7 Å². The Balaban J connectivity index is 1.47. The summed E-state index contributed by atoms with van der Waals surface area (Å²) in [6.07, 6.45) is 8.51. The topological polar surface area (TPSA) is 51.9 Å². The lowest BCUT2D eigenvalue weighted by Crippen LogP contribution is -2.39. The lowest BCUT2D eigenvalue weighted by Gasteiger charge is -2.36. The molecule has 3 aromatic rings. The van der Waals surface area contributed by atoms with E-state index >= 15 is 0 Å². The zero-order chi connectivity index (χ0) is 23.7. The third-order valence-corrected chi connectivity index (χ3v) is 6.57. The van der Waals surface area contributed by atoms with Gasteiger partial charge in [0.25, 0.3) is 0 Å². The van der Waals surface area contributed by atoms with Crippen molar-refractivity contribution < 1.29 is 14.0 Å². The van der Waals surface area contributed by atoms with Gasteiger partial charge in [-0.1, -0.05) is 28.9 Å². The predicted octanol–water partition coefficient (Wildman–Crippen LogP) is 5.94. The van der Waals surface area contributed by atoms with Crippen LogP contribution in [0.15, 0.2) is 59.7 Å². The number of amidine groups is 1. The molecule has 1 saturated heterocycles. The highest BCUT2D eigenvalue weighted by molar-refractivity contribution is 6.30. The highest BCUT2D eigenvalue weighted by Crippen LogP contribution is 2.35. The fraction of sp³-hybridized carbons (Fsp3) is 0.308. The van der Waals surface area contributed by atoms with Gasteiger partial charge in [-0.2, -0.15) is 0 Å². The van der Waals surface area contributed by atoms with Crippen molar-refractivity contribution in [2.45, 2.75) is 32.2 Å². The van der Waals surface area contributed by atoms with E-state index in [4.69, 9.17) is 21.2 Å². The van der Waals surface area contributed by atoms with Crippen LogP contribution in [0.25, 0.3) is 11.8 Å². The zero-order valence-corrected chi connectivity index (χ0v) is 19.9. The first-order valence-electron chi connectivity index (χ1n) is 11.3. The van der Waals surface area contributed by atoms with Gasteiger partial charge in [0.2, 0.25) is 0 Å². The average molecular weight is 481 g/mol. The summed E-state index contributed by atoms with van der Waals surface area (Å²) in [5.74, 6) is 1.17. The van der Waals surface area contributed by atoms with Crippen molar-refractivity contribution in [3.63, 3.8) is 0 Å². The molecule has 2 aliphatic rings. The van der Waals surface area contributed by atoms with Crippen molar-refractivity contribution in [3.8, 4) is 11.4 Å². The Morgan fingerprint density at radius 3 is 2.88 bits per heavy atom. The van der Waals surface area contributed by atoms with E-state index in [2.05, 4.69) is 27.2 Å². The van der Waals surface area contributed by atoms with Crippen molar-refractivity contribution in [2.24, 2.45) is 5.16 Å².